The van der Waals surface area contributed by atoms with Gasteiger partial charge in [0.05, 0.1) is 6.54 Å². The maximum atomic E-state index is 13.3. The highest BCUT2D eigenvalue weighted by Gasteiger charge is 2.33. The molecule has 0 saturated heterocycles. The number of benzene rings is 1. The minimum atomic E-state index is -4.45. The summed E-state index contributed by atoms with van der Waals surface area (Å²) in [6.07, 6.45) is -4.45. The lowest BCUT2D eigenvalue weighted by atomic mass is 10.2. The minimum Gasteiger partial charge on any atom is -0.357 e. The fourth-order valence-corrected chi connectivity index (χ4v) is 2.83. The summed E-state index contributed by atoms with van der Waals surface area (Å²) >= 11 is 0.920. The Balaban J connectivity index is 2.08. The zero-order chi connectivity index (χ0) is 18.4. The van der Waals surface area contributed by atoms with Gasteiger partial charge >= 0.3 is 6.18 Å². The number of hydrogen-bond donors (Lipinski definition) is 1. The maximum Gasteiger partial charge on any atom is 0.434 e. The molecular weight excluding hydrogens is 356 g/mol. The molecule has 0 radical (unpaired) electrons. The van der Waals surface area contributed by atoms with Gasteiger partial charge in [0.1, 0.15) is 10.8 Å². The quantitative estimate of drug-likeness (QED) is 0.490. The Labute approximate surface area is 147 Å². The molecular formula is C16H18F4N4S. The van der Waals surface area contributed by atoms with E-state index in [2.05, 4.69) is 15.3 Å². The van der Waals surface area contributed by atoms with E-state index in [-0.39, 0.29) is 17.4 Å². The van der Waals surface area contributed by atoms with Crippen LogP contribution in [0.3, 0.4) is 0 Å². The molecule has 0 amide bonds. The number of halogens is 4. The van der Waals surface area contributed by atoms with Crippen molar-refractivity contribution in [2.75, 3.05) is 13.6 Å². The Morgan fingerprint density at radius 1 is 1.36 bits per heavy atom. The third-order valence-corrected chi connectivity index (χ3v) is 4.05. The van der Waals surface area contributed by atoms with Crippen molar-refractivity contribution in [3.8, 4) is 0 Å². The molecule has 0 bridgehead atoms. The van der Waals surface area contributed by atoms with Gasteiger partial charge in [-0.25, -0.2) is 14.4 Å². The number of guanidine groups is 1. The molecule has 1 heterocycles. The summed E-state index contributed by atoms with van der Waals surface area (Å²) in [7, 11) is 1.77. The largest absolute Gasteiger partial charge is 0.434 e. The molecule has 2 aromatic rings. The van der Waals surface area contributed by atoms with Crippen molar-refractivity contribution in [3.05, 3.63) is 51.7 Å². The van der Waals surface area contributed by atoms with Crippen LogP contribution < -0.4 is 5.32 Å². The minimum absolute atomic E-state index is 0.0383. The molecule has 1 N–H and O–H groups in total. The number of thiazole rings is 1. The van der Waals surface area contributed by atoms with Crippen LogP contribution in [-0.2, 0) is 19.3 Å². The molecule has 0 fully saturated rings. The molecule has 136 valence electrons. The third kappa shape index (κ3) is 5.70. The first-order valence-corrected chi connectivity index (χ1v) is 8.43. The van der Waals surface area contributed by atoms with Gasteiger partial charge in [0, 0.05) is 25.5 Å². The van der Waals surface area contributed by atoms with Crippen molar-refractivity contribution in [3.63, 3.8) is 0 Å². The highest BCUT2D eigenvalue weighted by Crippen LogP contribution is 2.30. The van der Waals surface area contributed by atoms with Crippen LogP contribution in [0.25, 0.3) is 0 Å². The van der Waals surface area contributed by atoms with E-state index in [1.54, 1.807) is 24.1 Å². The van der Waals surface area contributed by atoms with E-state index in [1.165, 1.54) is 12.1 Å². The van der Waals surface area contributed by atoms with Crippen LogP contribution in [0.15, 0.2) is 34.6 Å². The van der Waals surface area contributed by atoms with Gasteiger partial charge in [-0.05, 0) is 24.6 Å². The van der Waals surface area contributed by atoms with Crippen molar-refractivity contribution in [2.45, 2.75) is 26.2 Å². The second kappa shape index (κ2) is 8.28. The Bertz CT molecular complexity index is 727. The van der Waals surface area contributed by atoms with Crippen LogP contribution in [0.5, 0.6) is 0 Å². The Kier molecular flexibility index (Phi) is 6.35. The summed E-state index contributed by atoms with van der Waals surface area (Å²) in [5.41, 5.74) is -0.137. The standard InChI is InChI=1S/C16H18F4N4S/c1-3-21-15(24(2)9-11-5-4-6-12(17)7-11)22-8-14-23-13(10-25-14)16(18,19)20/h4-7,10H,3,8-9H2,1-2H3,(H,21,22). The summed E-state index contributed by atoms with van der Waals surface area (Å²) in [6.45, 7) is 2.93. The molecule has 1 aromatic carbocycles. The highest BCUT2D eigenvalue weighted by atomic mass is 32.1. The van der Waals surface area contributed by atoms with E-state index in [9.17, 15) is 17.6 Å². The van der Waals surface area contributed by atoms with Crippen LogP contribution in [0.4, 0.5) is 17.6 Å². The molecule has 0 aliphatic carbocycles. The van der Waals surface area contributed by atoms with Gasteiger partial charge in [0.25, 0.3) is 0 Å². The van der Waals surface area contributed by atoms with Crippen LogP contribution >= 0.6 is 11.3 Å². The molecule has 0 aliphatic heterocycles. The highest BCUT2D eigenvalue weighted by molar-refractivity contribution is 7.09. The van der Waals surface area contributed by atoms with Crippen LogP contribution in [0.2, 0.25) is 0 Å². The number of hydrogen-bond acceptors (Lipinski definition) is 3. The van der Waals surface area contributed by atoms with Crippen molar-refractivity contribution in [1.82, 2.24) is 15.2 Å². The normalized spacial score (nSPS) is 12.3. The van der Waals surface area contributed by atoms with Crippen LogP contribution in [0.1, 0.15) is 23.2 Å². The average molecular weight is 374 g/mol. The molecule has 0 unspecified atom stereocenters. The van der Waals surface area contributed by atoms with E-state index in [4.69, 9.17) is 0 Å². The van der Waals surface area contributed by atoms with Gasteiger partial charge in [0.15, 0.2) is 11.7 Å². The molecule has 0 atom stereocenters. The summed E-state index contributed by atoms with van der Waals surface area (Å²) in [4.78, 5) is 9.65. The lowest BCUT2D eigenvalue weighted by molar-refractivity contribution is -0.140. The number of nitrogens with one attached hydrogen (secondary N) is 1. The van der Waals surface area contributed by atoms with Crippen molar-refractivity contribution in [1.29, 1.82) is 0 Å². The maximum absolute atomic E-state index is 13.3. The first-order valence-electron chi connectivity index (χ1n) is 7.55. The average Bonchev–Trinajstić information content (AvgIpc) is 3.00. The smallest absolute Gasteiger partial charge is 0.357 e. The Morgan fingerprint density at radius 2 is 2.12 bits per heavy atom. The zero-order valence-electron chi connectivity index (χ0n) is 13.8. The Hall–Kier alpha value is -2.16. The van der Waals surface area contributed by atoms with Gasteiger partial charge in [-0.1, -0.05) is 12.1 Å². The van der Waals surface area contributed by atoms with E-state index in [0.29, 0.717) is 19.0 Å². The number of aliphatic imine (C=N–C) groups is 1. The van der Waals surface area contributed by atoms with Crippen molar-refractivity contribution >= 4 is 17.3 Å². The third-order valence-electron chi connectivity index (χ3n) is 3.21. The van der Waals surface area contributed by atoms with Gasteiger partial charge < -0.3 is 10.2 Å². The topological polar surface area (TPSA) is 40.5 Å². The number of alkyl halides is 3. The Morgan fingerprint density at radius 3 is 2.72 bits per heavy atom. The van der Waals surface area contributed by atoms with E-state index in [0.717, 1.165) is 22.3 Å². The molecule has 2 rings (SSSR count). The van der Waals surface area contributed by atoms with Gasteiger partial charge in [-0.2, -0.15) is 13.2 Å². The molecule has 0 saturated carbocycles. The molecule has 0 spiro atoms. The number of rotatable bonds is 5. The SMILES string of the molecule is CCNC(=NCc1nc(C(F)(F)F)cs1)N(C)Cc1cccc(F)c1. The van der Waals surface area contributed by atoms with E-state index in [1.807, 2.05) is 6.92 Å². The van der Waals surface area contributed by atoms with Crippen molar-refractivity contribution in [2.24, 2.45) is 4.99 Å². The van der Waals surface area contributed by atoms with E-state index < -0.39 is 11.9 Å². The lowest BCUT2D eigenvalue weighted by Gasteiger charge is -2.22. The summed E-state index contributed by atoms with van der Waals surface area (Å²) in [6, 6.07) is 6.20. The first-order chi connectivity index (χ1) is 11.8. The predicted molar refractivity (Wildman–Crippen MR) is 89.8 cm³/mol. The fraction of sp³-hybridized carbons (Fsp3) is 0.375. The molecule has 25 heavy (non-hydrogen) atoms. The van der Waals surface area contributed by atoms with Crippen LogP contribution in [-0.4, -0.2) is 29.4 Å². The van der Waals surface area contributed by atoms with Gasteiger partial charge in [-0.15, -0.1) is 11.3 Å². The molecule has 0 aliphatic rings. The van der Waals surface area contributed by atoms with Crippen molar-refractivity contribution < 1.29 is 17.6 Å². The van der Waals surface area contributed by atoms with Gasteiger partial charge in [-0.3, -0.25) is 0 Å². The zero-order valence-corrected chi connectivity index (χ0v) is 14.6. The molecule has 1 aromatic heterocycles. The van der Waals surface area contributed by atoms with E-state index >= 15 is 0 Å². The summed E-state index contributed by atoms with van der Waals surface area (Å²) in [5, 5.41) is 4.32. The van der Waals surface area contributed by atoms with Gasteiger partial charge in [0.2, 0.25) is 0 Å². The molecule has 4 nitrogen and oxygen atoms in total. The summed E-state index contributed by atoms with van der Waals surface area (Å²) in [5.74, 6) is 0.186. The number of aromatic nitrogens is 1. The first kappa shape index (κ1) is 19.2. The molecule has 9 heteroatoms. The second-order valence-corrected chi connectivity index (χ2v) is 6.22. The fourth-order valence-electron chi connectivity index (χ4n) is 2.11. The van der Waals surface area contributed by atoms with Crippen LogP contribution in [0, 0.1) is 5.82 Å². The lowest BCUT2D eigenvalue weighted by Crippen LogP contribution is -2.38. The second-order valence-electron chi connectivity index (χ2n) is 5.28. The predicted octanol–water partition coefficient (Wildman–Crippen LogP) is 3.90. The monoisotopic (exact) mass is 374 g/mol. The number of nitrogens with zero attached hydrogens (tertiary/aromatic N) is 3. The summed E-state index contributed by atoms with van der Waals surface area (Å²) < 4.78 is 51.0.